The Morgan fingerprint density at radius 3 is 2.70 bits per heavy atom. The van der Waals surface area contributed by atoms with Gasteiger partial charge in [-0.25, -0.2) is 9.38 Å². The molecule has 10 nitrogen and oxygen atoms in total. The van der Waals surface area contributed by atoms with Gasteiger partial charge in [0.15, 0.2) is 0 Å². The molecule has 0 radical (unpaired) electrons. The Kier molecular flexibility index (Phi) is 10.8. The van der Waals surface area contributed by atoms with Crippen molar-refractivity contribution in [1.82, 2.24) is 19.6 Å². The van der Waals surface area contributed by atoms with Gasteiger partial charge in [0.1, 0.15) is 29.3 Å². The van der Waals surface area contributed by atoms with Crippen LogP contribution in [0.3, 0.4) is 0 Å². The SMILES string of the molecule is COCCN(CCOC)C[C@@H](O)Cn1ncc2c1CCc1c-2sc2c1C(Nc1ccc(OCc3cccc(F)c3)c(Cl)c1)N(C)C=N2. The number of halogens is 2. The number of aliphatic hydroxyl groups excluding tert-OH is 1. The molecule has 1 unspecified atom stereocenters. The van der Waals surface area contributed by atoms with Gasteiger partial charge in [-0.3, -0.25) is 9.58 Å². The molecule has 2 aromatic carbocycles. The summed E-state index contributed by atoms with van der Waals surface area (Å²) in [4.78, 5) is 10.2. The predicted octanol–water partition coefficient (Wildman–Crippen LogP) is 5.75. The Labute approximate surface area is 283 Å². The van der Waals surface area contributed by atoms with Crippen molar-refractivity contribution in [1.29, 1.82) is 0 Å². The van der Waals surface area contributed by atoms with Crippen LogP contribution in [0.2, 0.25) is 5.02 Å². The lowest BCUT2D eigenvalue weighted by atomic mass is 9.92. The zero-order valence-electron chi connectivity index (χ0n) is 26.8. The second kappa shape index (κ2) is 15.1. The summed E-state index contributed by atoms with van der Waals surface area (Å²) in [7, 11) is 5.37. The van der Waals surface area contributed by atoms with Gasteiger partial charge in [-0.2, -0.15) is 5.10 Å². The Bertz CT molecular complexity index is 1710. The number of aliphatic hydroxyl groups is 1. The molecular weight excluding hydrogens is 643 g/mol. The number of hydrogen-bond acceptors (Lipinski definition) is 10. The minimum Gasteiger partial charge on any atom is -0.487 e. The first-order valence-electron chi connectivity index (χ1n) is 15.6. The lowest BCUT2D eigenvalue weighted by Crippen LogP contribution is -2.39. The van der Waals surface area contributed by atoms with Gasteiger partial charge in [-0.05, 0) is 54.3 Å². The number of fused-ring (bicyclic) bond motifs is 5. The summed E-state index contributed by atoms with van der Waals surface area (Å²) in [6.07, 6.45) is 4.70. The fourth-order valence-corrected chi connectivity index (χ4v) is 7.59. The maximum atomic E-state index is 13.6. The summed E-state index contributed by atoms with van der Waals surface area (Å²) in [5, 5.41) is 20.8. The average Bonchev–Trinajstić information content (AvgIpc) is 3.64. The lowest BCUT2D eigenvalue weighted by molar-refractivity contribution is 0.0606. The number of ether oxygens (including phenoxy) is 3. The van der Waals surface area contributed by atoms with Gasteiger partial charge in [0.05, 0.1) is 43.4 Å². The first-order chi connectivity index (χ1) is 22.8. The molecule has 0 saturated carbocycles. The number of anilines is 1. The van der Waals surface area contributed by atoms with E-state index in [9.17, 15) is 9.50 Å². The molecule has 4 aromatic rings. The lowest BCUT2D eigenvalue weighted by Gasteiger charge is -2.32. The molecule has 2 atom stereocenters. The fraction of sp³-hybridized carbons (Fsp3) is 0.412. The molecule has 0 spiro atoms. The van der Waals surface area contributed by atoms with Crippen molar-refractivity contribution in [2.24, 2.45) is 4.99 Å². The van der Waals surface area contributed by atoms with E-state index >= 15 is 0 Å². The molecule has 0 saturated heterocycles. The number of nitrogens with zero attached hydrogens (tertiary/aromatic N) is 5. The Hall–Kier alpha value is -3.52. The standard InChI is InChI=1S/C34H40ClFN6O4S/c1-40-21-37-34-31(33(40)39-24-7-10-30(28(35)16-24)46-20-22-5-4-6-23(36)15-22)26-8-9-29-27(32(26)47-34)17-38-42(29)19-25(43)18-41(11-13-44-2)12-14-45-3/h4-7,10,15-17,21,25,33,39,43H,8-9,11-14,18-20H2,1-3H3/t25-,33?/m1/s1. The highest BCUT2D eigenvalue weighted by atomic mass is 35.5. The van der Waals surface area contributed by atoms with Crippen molar-refractivity contribution in [3.8, 4) is 16.2 Å². The van der Waals surface area contributed by atoms with E-state index in [1.54, 1.807) is 31.6 Å². The van der Waals surface area contributed by atoms with Crippen molar-refractivity contribution in [3.05, 3.63) is 81.9 Å². The Balaban J connectivity index is 1.16. The van der Waals surface area contributed by atoms with E-state index in [2.05, 4.69) is 15.1 Å². The van der Waals surface area contributed by atoms with Crippen LogP contribution < -0.4 is 10.1 Å². The zero-order valence-corrected chi connectivity index (χ0v) is 28.4. The van der Waals surface area contributed by atoms with Crippen molar-refractivity contribution in [2.75, 3.05) is 59.4 Å². The zero-order chi connectivity index (χ0) is 32.9. The van der Waals surface area contributed by atoms with Crippen LogP contribution in [0, 0.1) is 5.82 Å². The molecule has 0 fully saturated rings. The molecule has 3 heterocycles. The van der Waals surface area contributed by atoms with E-state index in [0.29, 0.717) is 37.1 Å². The summed E-state index contributed by atoms with van der Waals surface area (Å²) in [6.45, 7) is 3.79. The van der Waals surface area contributed by atoms with E-state index in [1.807, 2.05) is 48.5 Å². The molecule has 13 heteroatoms. The maximum absolute atomic E-state index is 13.6. The van der Waals surface area contributed by atoms with E-state index in [0.717, 1.165) is 59.0 Å². The summed E-state index contributed by atoms with van der Waals surface area (Å²) in [5.41, 5.74) is 6.24. The van der Waals surface area contributed by atoms with Crippen LogP contribution in [0.5, 0.6) is 5.75 Å². The number of aliphatic imine (C=N–C) groups is 1. The number of methoxy groups -OCH3 is 2. The quantitative estimate of drug-likeness (QED) is 0.164. The van der Waals surface area contributed by atoms with E-state index in [1.165, 1.54) is 22.6 Å². The smallest absolute Gasteiger partial charge is 0.138 e. The topological polar surface area (TPSA) is 96.6 Å². The molecule has 0 bridgehead atoms. The average molecular weight is 683 g/mol. The minimum atomic E-state index is -0.581. The summed E-state index contributed by atoms with van der Waals surface area (Å²) in [5.74, 6) is 0.228. The van der Waals surface area contributed by atoms with Crippen LogP contribution in [0.15, 0.2) is 53.7 Å². The van der Waals surface area contributed by atoms with Gasteiger partial charge in [-0.1, -0.05) is 23.7 Å². The normalized spacial score (nSPS) is 15.8. The largest absolute Gasteiger partial charge is 0.487 e. The maximum Gasteiger partial charge on any atom is 0.138 e. The van der Waals surface area contributed by atoms with Crippen LogP contribution >= 0.6 is 22.9 Å². The highest BCUT2D eigenvalue weighted by Crippen LogP contribution is 2.50. The second-order valence-electron chi connectivity index (χ2n) is 11.8. The molecule has 2 aromatic heterocycles. The number of thiophene rings is 1. The molecule has 1 aliphatic heterocycles. The van der Waals surface area contributed by atoms with Gasteiger partial charge in [-0.15, -0.1) is 11.3 Å². The van der Waals surface area contributed by atoms with E-state index < -0.39 is 6.10 Å². The number of hydrogen-bond donors (Lipinski definition) is 2. The number of rotatable bonds is 15. The minimum absolute atomic E-state index is 0.152. The first kappa shape index (κ1) is 33.4. The van der Waals surface area contributed by atoms with Gasteiger partial charge >= 0.3 is 0 Å². The van der Waals surface area contributed by atoms with Gasteiger partial charge in [0.25, 0.3) is 0 Å². The molecule has 0 amide bonds. The molecule has 1 aliphatic carbocycles. The highest BCUT2D eigenvalue weighted by Gasteiger charge is 2.34. The second-order valence-corrected chi connectivity index (χ2v) is 13.2. The summed E-state index contributed by atoms with van der Waals surface area (Å²) in [6, 6.07) is 11.9. The van der Waals surface area contributed by atoms with Crippen LogP contribution in [-0.2, 0) is 35.5 Å². The molecule has 250 valence electrons. The molecule has 2 aliphatic rings. The monoisotopic (exact) mass is 682 g/mol. The van der Waals surface area contributed by atoms with Gasteiger partial charge < -0.3 is 29.5 Å². The van der Waals surface area contributed by atoms with Gasteiger partial charge in [0, 0.05) is 68.3 Å². The molecule has 2 N–H and O–H groups in total. The van der Waals surface area contributed by atoms with E-state index in [4.69, 9.17) is 35.9 Å². The van der Waals surface area contributed by atoms with E-state index in [-0.39, 0.29) is 18.6 Å². The third-order valence-corrected chi connectivity index (χ3v) is 9.95. The van der Waals surface area contributed by atoms with Crippen LogP contribution in [0.4, 0.5) is 15.1 Å². The third-order valence-electron chi connectivity index (χ3n) is 8.47. The van der Waals surface area contributed by atoms with Crippen LogP contribution in [0.25, 0.3) is 10.4 Å². The first-order valence-corrected chi connectivity index (χ1v) is 16.8. The molecular formula is C34H40ClFN6O4S. The molecule has 47 heavy (non-hydrogen) atoms. The fourth-order valence-electron chi connectivity index (χ4n) is 6.10. The number of aromatic nitrogens is 2. The van der Waals surface area contributed by atoms with Crippen molar-refractivity contribution in [3.63, 3.8) is 0 Å². The molecule has 6 rings (SSSR count). The van der Waals surface area contributed by atoms with Crippen molar-refractivity contribution < 1.29 is 23.7 Å². The third kappa shape index (κ3) is 7.64. The highest BCUT2D eigenvalue weighted by molar-refractivity contribution is 7.19. The summed E-state index contributed by atoms with van der Waals surface area (Å²) < 4.78 is 31.9. The van der Waals surface area contributed by atoms with Crippen LogP contribution in [-0.4, -0.2) is 91.2 Å². The van der Waals surface area contributed by atoms with Crippen LogP contribution in [0.1, 0.15) is 28.6 Å². The predicted molar refractivity (Wildman–Crippen MR) is 184 cm³/mol. The van der Waals surface area contributed by atoms with Crippen molar-refractivity contribution in [2.45, 2.75) is 38.3 Å². The summed E-state index contributed by atoms with van der Waals surface area (Å²) >= 11 is 8.30. The number of nitrogens with one attached hydrogen (secondary N) is 1. The number of benzene rings is 2. The van der Waals surface area contributed by atoms with Crippen molar-refractivity contribution >= 4 is 40.0 Å². The Morgan fingerprint density at radius 2 is 1.96 bits per heavy atom. The Morgan fingerprint density at radius 1 is 1.15 bits per heavy atom. The van der Waals surface area contributed by atoms with Gasteiger partial charge in [0.2, 0.25) is 0 Å².